The first-order valence-corrected chi connectivity index (χ1v) is 5.50. The molecule has 0 unspecified atom stereocenters. The van der Waals surface area contributed by atoms with Gasteiger partial charge in [-0.1, -0.05) is 0 Å². The van der Waals surface area contributed by atoms with Crippen LogP contribution < -0.4 is 4.90 Å². The molecule has 0 bridgehead atoms. The smallest absolute Gasteiger partial charge is 0.411 e. The molecule has 84 valence electrons. The number of halogens is 1. The summed E-state index contributed by atoms with van der Waals surface area (Å²) in [6, 6.07) is 0. The van der Waals surface area contributed by atoms with E-state index in [4.69, 9.17) is 5.11 Å². The Bertz CT molecular complexity index is 487. The van der Waals surface area contributed by atoms with E-state index in [-0.39, 0.29) is 24.4 Å². The van der Waals surface area contributed by atoms with Crippen LogP contribution in [0.15, 0.2) is 10.7 Å². The first-order chi connectivity index (χ1) is 7.52. The van der Waals surface area contributed by atoms with Crippen LogP contribution in [0.25, 0.3) is 0 Å². The molecule has 5 nitrogen and oxygen atoms in total. The summed E-state index contributed by atoms with van der Waals surface area (Å²) in [7, 11) is 0. The van der Waals surface area contributed by atoms with Crippen LogP contribution in [0.4, 0.5) is 10.5 Å². The summed E-state index contributed by atoms with van der Waals surface area (Å²) in [6.07, 6.45) is 0.655. The van der Waals surface area contributed by atoms with Crippen molar-refractivity contribution in [2.45, 2.75) is 13.3 Å². The number of hydrogen-bond acceptors (Lipinski definition) is 3. The lowest BCUT2D eigenvalue weighted by Crippen LogP contribution is -2.37. The lowest BCUT2D eigenvalue weighted by molar-refractivity contribution is 0.0975. The van der Waals surface area contributed by atoms with E-state index < -0.39 is 6.09 Å². The molecule has 1 aromatic rings. The number of aromatic nitrogens is 1. The van der Waals surface area contributed by atoms with Crippen LogP contribution in [-0.2, 0) is 0 Å². The quantitative estimate of drug-likeness (QED) is 0.793. The predicted molar refractivity (Wildman–Crippen MR) is 61.0 cm³/mol. The fraction of sp³-hybridized carbons (Fsp3) is 0.300. The molecule has 0 aromatic carbocycles. The van der Waals surface area contributed by atoms with Gasteiger partial charge in [-0.3, -0.25) is 9.69 Å². The molecule has 1 N–H and O–H groups in total. The van der Waals surface area contributed by atoms with Crippen molar-refractivity contribution in [1.82, 2.24) is 4.98 Å². The number of carboxylic acid groups (broad SMARTS) is 1. The van der Waals surface area contributed by atoms with E-state index in [1.54, 1.807) is 6.92 Å². The summed E-state index contributed by atoms with van der Waals surface area (Å²) in [6.45, 7) is 1.96. The molecule has 0 aliphatic carbocycles. The van der Waals surface area contributed by atoms with Crippen molar-refractivity contribution in [3.05, 3.63) is 21.9 Å². The third-order valence-corrected chi connectivity index (χ3v) is 3.37. The van der Waals surface area contributed by atoms with Gasteiger partial charge in [0.1, 0.15) is 5.69 Å². The topological polar surface area (TPSA) is 70.5 Å². The van der Waals surface area contributed by atoms with Gasteiger partial charge in [0, 0.05) is 23.6 Å². The highest BCUT2D eigenvalue weighted by atomic mass is 79.9. The Labute approximate surface area is 100 Å². The molecule has 0 saturated carbocycles. The van der Waals surface area contributed by atoms with E-state index in [0.717, 1.165) is 5.56 Å². The Balaban J connectivity index is 2.67. The normalized spacial score (nSPS) is 14.9. The van der Waals surface area contributed by atoms with Crippen molar-refractivity contribution < 1.29 is 14.7 Å². The van der Waals surface area contributed by atoms with E-state index >= 15 is 0 Å². The fourth-order valence-corrected chi connectivity index (χ4v) is 2.03. The van der Waals surface area contributed by atoms with Crippen molar-refractivity contribution in [1.29, 1.82) is 0 Å². The maximum Gasteiger partial charge on any atom is 0.411 e. The van der Waals surface area contributed by atoms with Crippen molar-refractivity contribution in [2.75, 3.05) is 11.4 Å². The number of Topliss-reactive ketones (excluding diaryl/α,β-unsaturated/α-hetero) is 1. The zero-order valence-electron chi connectivity index (χ0n) is 8.53. The van der Waals surface area contributed by atoms with Crippen molar-refractivity contribution in [3.63, 3.8) is 0 Å². The number of amides is 1. The third kappa shape index (κ3) is 1.59. The molecule has 2 heterocycles. The molecule has 6 heteroatoms. The van der Waals surface area contributed by atoms with Crippen LogP contribution in [0.3, 0.4) is 0 Å². The number of ketones is 1. The van der Waals surface area contributed by atoms with Crippen molar-refractivity contribution in [3.8, 4) is 0 Å². The number of carbonyl (C=O) groups is 2. The maximum atomic E-state index is 11.6. The monoisotopic (exact) mass is 284 g/mol. The highest BCUT2D eigenvalue weighted by molar-refractivity contribution is 9.10. The molecule has 0 atom stereocenters. The first kappa shape index (κ1) is 11.1. The number of carbonyl (C=O) groups excluding carboxylic acids is 1. The number of anilines is 1. The molecule has 0 fully saturated rings. The zero-order valence-corrected chi connectivity index (χ0v) is 10.1. The molecule has 0 radical (unpaired) electrons. The van der Waals surface area contributed by atoms with Crippen LogP contribution >= 0.6 is 15.9 Å². The van der Waals surface area contributed by atoms with Gasteiger partial charge in [-0.05, 0) is 28.4 Å². The van der Waals surface area contributed by atoms with Crippen LogP contribution in [0.5, 0.6) is 0 Å². The molecule has 1 aliphatic heterocycles. The minimum atomic E-state index is -1.06. The van der Waals surface area contributed by atoms with Gasteiger partial charge in [0.15, 0.2) is 5.78 Å². The van der Waals surface area contributed by atoms with Gasteiger partial charge >= 0.3 is 6.09 Å². The molecule has 2 rings (SSSR count). The molecule has 1 aromatic heterocycles. The van der Waals surface area contributed by atoms with Crippen molar-refractivity contribution >= 4 is 33.5 Å². The van der Waals surface area contributed by atoms with E-state index in [1.165, 1.54) is 11.1 Å². The summed E-state index contributed by atoms with van der Waals surface area (Å²) < 4.78 is 0.701. The highest BCUT2D eigenvalue weighted by Crippen LogP contribution is 2.33. The molecule has 0 spiro atoms. The average molecular weight is 285 g/mol. The number of pyridine rings is 1. The SMILES string of the molecule is Cc1c(Br)cnc2c1N(C(=O)O)CCC2=O. The lowest BCUT2D eigenvalue weighted by atomic mass is 10.0. The summed E-state index contributed by atoms with van der Waals surface area (Å²) in [4.78, 5) is 27.8. The van der Waals surface area contributed by atoms with E-state index in [2.05, 4.69) is 20.9 Å². The van der Waals surface area contributed by atoms with E-state index in [9.17, 15) is 9.59 Å². The van der Waals surface area contributed by atoms with Gasteiger partial charge in [-0.25, -0.2) is 9.78 Å². The molecule has 1 aliphatic rings. The largest absolute Gasteiger partial charge is 0.465 e. The van der Waals surface area contributed by atoms with Gasteiger partial charge in [-0.2, -0.15) is 0 Å². The van der Waals surface area contributed by atoms with Gasteiger partial charge in [0.05, 0.1) is 5.69 Å². The standard InChI is InChI=1S/C10H9BrN2O3/c1-5-6(11)4-12-8-7(14)2-3-13(9(5)8)10(15)16/h4H,2-3H2,1H3,(H,15,16). The molecule has 16 heavy (non-hydrogen) atoms. The van der Waals surface area contributed by atoms with Gasteiger partial charge in [0.2, 0.25) is 0 Å². The number of nitrogens with zero attached hydrogens (tertiary/aromatic N) is 2. The minimum absolute atomic E-state index is 0.108. The third-order valence-electron chi connectivity index (χ3n) is 2.57. The predicted octanol–water partition coefficient (Wildman–Crippen LogP) is 2.22. The summed E-state index contributed by atoms with van der Waals surface area (Å²) >= 11 is 3.28. The summed E-state index contributed by atoms with van der Waals surface area (Å²) in [5.74, 6) is -0.108. The summed E-state index contributed by atoms with van der Waals surface area (Å²) in [5.41, 5.74) is 1.37. The Kier molecular flexibility index (Phi) is 2.67. The Morgan fingerprint density at radius 3 is 2.94 bits per heavy atom. The molecular weight excluding hydrogens is 276 g/mol. The van der Waals surface area contributed by atoms with Crippen molar-refractivity contribution in [2.24, 2.45) is 0 Å². The average Bonchev–Trinajstić information content (AvgIpc) is 2.23. The van der Waals surface area contributed by atoms with E-state index in [1.807, 2.05) is 0 Å². The first-order valence-electron chi connectivity index (χ1n) is 4.71. The second-order valence-corrected chi connectivity index (χ2v) is 4.39. The Morgan fingerprint density at radius 2 is 2.31 bits per heavy atom. The molecule has 0 saturated heterocycles. The number of fused-ring (bicyclic) bond motifs is 1. The van der Waals surface area contributed by atoms with Gasteiger partial charge in [-0.15, -0.1) is 0 Å². The summed E-state index contributed by atoms with van der Waals surface area (Å²) in [5, 5.41) is 9.06. The van der Waals surface area contributed by atoms with E-state index in [0.29, 0.717) is 10.2 Å². The maximum absolute atomic E-state index is 11.6. The highest BCUT2D eigenvalue weighted by Gasteiger charge is 2.30. The Morgan fingerprint density at radius 1 is 1.62 bits per heavy atom. The van der Waals surface area contributed by atoms with Crippen LogP contribution in [0.1, 0.15) is 22.5 Å². The second-order valence-electron chi connectivity index (χ2n) is 3.54. The Hall–Kier alpha value is -1.43. The molecule has 1 amide bonds. The fourth-order valence-electron chi connectivity index (χ4n) is 1.74. The minimum Gasteiger partial charge on any atom is -0.465 e. The van der Waals surface area contributed by atoms with Crippen LogP contribution in [-0.4, -0.2) is 28.5 Å². The lowest BCUT2D eigenvalue weighted by Gasteiger charge is -2.27. The van der Waals surface area contributed by atoms with Gasteiger partial charge < -0.3 is 5.11 Å². The molecular formula is C10H9BrN2O3. The van der Waals surface area contributed by atoms with Crippen LogP contribution in [0, 0.1) is 6.92 Å². The number of hydrogen-bond donors (Lipinski definition) is 1. The number of rotatable bonds is 0. The zero-order chi connectivity index (χ0) is 11.9. The van der Waals surface area contributed by atoms with Crippen LogP contribution in [0.2, 0.25) is 0 Å². The van der Waals surface area contributed by atoms with Gasteiger partial charge in [0.25, 0.3) is 0 Å². The second kappa shape index (κ2) is 3.86.